The molecule has 1 atom stereocenters. The van der Waals surface area contributed by atoms with E-state index in [1.165, 1.54) is 4.88 Å². The zero-order chi connectivity index (χ0) is 14.7. The van der Waals surface area contributed by atoms with Crippen molar-refractivity contribution in [1.82, 2.24) is 14.9 Å². The molecule has 0 saturated carbocycles. The fourth-order valence-electron chi connectivity index (χ4n) is 2.55. The third kappa shape index (κ3) is 3.40. The molecule has 5 nitrogen and oxygen atoms in total. The van der Waals surface area contributed by atoms with Gasteiger partial charge in [-0.1, -0.05) is 6.07 Å². The van der Waals surface area contributed by atoms with Gasteiger partial charge in [0.1, 0.15) is 11.8 Å². The zero-order valence-electron chi connectivity index (χ0n) is 12.4. The van der Waals surface area contributed by atoms with Crippen molar-refractivity contribution in [3.05, 3.63) is 40.5 Å². The van der Waals surface area contributed by atoms with Crippen LogP contribution in [0, 0.1) is 0 Å². The van der Waals surface area contributed by atoms with E-state index in [-0.39, 0.29) is 6.10 Å². The summed E-state index contributed by atoms with van der Waals surface area (Å²) in [7, 11) is 3.97. The summed E-state index contributed by atoms with van der Waals surface area (Å²) in [6.45, 7) is 3.54. The normalized spacial score (nSPS) is 19.6. The molecular formula is C15H20N4OS. The van der Waals surface area contributed by atoms with Crippen molar-refractivity contribution in [3.63, 3.8) is 0 Å². The van der Waals surface area contributed by atoms with Crippen molar-refractivity contribution in [1.29, 1.82) is 0 Å². The summed E-state index contributed by atoms with van der Waals surface area (Å²) in [5, 5.41) is 2.13. The fraction of sp³-hybridized carbons (Fsp3) is 0.467. The van der Waals surface area contributed by atoms with Crippen LogP contribution in [0.15, 0.2) is 29.9 Å². The first-order valence-electron chi connectivity index (χ1n) is 7.08. The van der Waals surface area contributed by atoms with Crippen molar-refractivity contribution in [2.24, 2.45) is 0 Å². The zero-order valence-corrected chi connectivity index (χ0v) is 13.2. The van der Waals surface area contributed by atoms with Crippen LogP contribution in [0.1, 0.15) is 16.7 Å². The summed E-state index contributed by atoms with van der Waals surface area (Å²) < 4.78 is 5.94. The molecule has 1 saturated heterocycles. The number of ether oxygens (including phenoxy) is 1. The van der Waals surface area contributed by atoms with Crippen molar-refractivity contribution >= 4 is 17.2 Å². The monoisotopic (exact) mass is 304 g/mol. The molecule has 21 heavy (non-hydrogen) atoms. The van der Waals surface area contributed by atoms with Gasteiger partial charge < -0.3 is 9.64 Å². The lowest BCUT2D eigenvalue weighted by Gasteiger charge is -2.33. The average molecular weight is 304 g/mol. The molecule has 1 fully saturated rings. The minimum absolute atomic E-state index is 0.00943. The second-order valence-corrected chi connectivity index (χ2v) is 6.37. The molecule has 0 unspecified atom stereocenters. The Labute approximate surface area is 129 Å². The Morgan fingerprint density at radius 1 is 1.38 bits per heavy atom. The third-order valence-electron chi connectivity index (χ3n) is 3.54. The summed E-state index contributed by atoms with van der Waals surface area (Å²) in [4.78, 5) is 14.7. The van der Waals surface area contributed by atoms with Gasteiger partial charge in [0.25, 0.3) is 0 Å². The van der Waals surface area contributed by atoms with Crippen LogP contribution in [-0.4, -0.2) is 48.7 Å². The Bertz CT molecular complexity index is 573. The summed E-state index contributed by atoms with van der Waals surface area (Å²) in [5.74, 6) is 0.889. The maximum absolute atomic E-state index is 5.94. The van der Waals surface area contributed by atoms with Gasteiger partial charge in [-0.3, -0.25) is 9.88 Å². The van der Waals surface area contributed by atoms with Crippen LogP contribution in [0.5, 0.6) is 0 Å². The molecule has 2 aromatic heterocycles. The predicted molar refractivity (Wildman–Crippen MR) is 84.6 cm³/mol. The highest BCUT2D eigenvalue weighted by Gasteiger charge is 2.26. The maximum Gasteiger partial charge on any atom is 0.152 e. The highest BCUT2D eigenvalue weighted by Crippen LogP contribution is 2.27. The molecule has 0 N–H and O–H groups in total. The summed E-state index contributed by atoms with van der Waals surface area (Å²) in [6.07, 6.45) is 3.46. The molecule has 0 aromatic carbocycles. The molecule has 0 aliphatic carbocycles. The molecule has 1 aliphatic rings. The summed E-state index contributed by atoms with van der Waals surface area (Å²) in [6, 6.07) is 4.29. The lowest BCUT2D eigenvalue weighted by atomic mass is 10.2. The molecule has 112 valence electrons. The molecule has 2 aromatic rings. The number of hydrogen-bond acceptors (Lipinski definition) is 6. The summed E-state index contributed by atoms with van der Waals surface area (Å²) >= 11 is 1.80. The lowest BCUT2D eigenvalue weighted by molar-refractivity contribution is -0.0345. The van der Waals surface area contributed by atoms with E-state index in [0.717, 1.165) is 37.8 Å². The third-order valence-corrected chi connectivity index (χ3v) is 4.41. The Kier molecular flexibility index (Phi) is 4.48. The van der Waals surface area contributed by atoms with Crippen molar-refractivity contribution in [2.45, 2.75) is 12.6 Å². The van der Waals surface area contributed by atoms with Gasteiger partial charge in [-0.25, -0.2) is 4.98 Å². The van der Waals surface area contributed by atoms with Gasteiger partial charge in [0.2, 0.25) is 0 Å². The molecule has 6 heteroatoms. The van der Waals surface area contributed by atoms with Crippen molar-refractivity contribution < 1.29 is 4.74 Å². The first kappa shape index (κ1) is 14.4. The average Bonchev–Trinajstić information content (AvgIpc) is 3.00. The van der Waals surface area contributed by atoms with Gasteiger partial charge in [0.15, 0.2) is 5.82 Å². The standard InChI is InChI=1S/C15H20N4OS/c1-18(2)15-14(16-5-6-17-15)13-11-19(7-8-20-13)10-12-4-3-9-21-12/h3-6,9,13H,7-8,10-11H2,1-2H3/t13-/m0/s1. The second-order valence-electron chi connectivity index (χ2n) is 5.33. The van der Waals surface area contributed by atoms with E-state index in [1.807, 2.05) is 19.0 Å². The van der Waals surface area contributed by atoms with E-state index in [4.69, 9.17) is 4.74 Å². The molecule has 0 spiro atoms. The van der Waals surface area contributed by atoms with Gasteiger partial charge in [0, 0.05) is 51.0 Å². The van der Waals surface area contributed by atoms with Crippen LogP contribution in [0.25, 0.3) is 0 Å². The van der Waals surface area contributed by atoms with Gasteiger partial charge in [-0.2, -0.15) is 0 Å². The molecule has 0 amide bonds. The number of hydrogen-bond donors (Lipinski definition) is 0. The van der Waals surface area contributed by atoms with Crippen LogP contribution in [0.2, 0.25) is 0 Å². The molecule has 3 rings (SSSR count). The van der Waals surface area contributed by atoms with E-state index < -0.39 is 0 Å². The smallest absolute Gasteiger partial charge is 0.152 e. The van der Waals surface area contributed by atoms with Crippen LogP contribution < -0.4 is 4.90 Å². The van der Waals surface area contributed by atoms with E-state index >= 15 is 0 Å². The minimum atomic E-state index is -0.00943. The van der Waals surface area contributed by atoms with Gasteiger partial charge in [0.05, 0.1) is 6.61 Å². The largest absolute Gasteiger partial charge is 0.369 e. The van der Waals surface area contributed by atoms with E-state index in [0.29, 0.717) is 0 Å². The fourth-order valence-corrected chi connectivity index (χ4v) is 3.29. The summed E-state index contributed by atoms with van der Waals surface area (Å²) in [5.41, 5.74) is 0.929. The Hall–Kier alpha value is -1.50. The molecule has 0 bridgehead atoms. The highest BCUT2D eigenvalue weighted by molar-refractivity contribution is 7.09. The Morgan fingerprint density at radius 2 is 2.24 bits per heavy atom. The van der Waals surface area contributed by atoms with Crippen LogP contribution in [0.4, 0.5) is 5.82 Å². The molecule has 0 radical (unpaired) electrons. The number of aromatic nitrogens is 2. The van der Waals surface area contributed by atoms with Gasteiger partial charge in [-0.15, -0.1) is 11.3 Å². The quantitative estimate of drug-likeness (QED) is 0.866. The second kappa shape index (κ2) is 6.51. The number of thiophene rings is 1. The predicted octanol–water partition coefficient (Wildman–Crippen LogP) is 2.18. The minimum Gasteiger partial charge on any atom is -0.369 e. The van der Waals surface area contributed by atoms with E-state index in [1.54, 1.807) is 23.7 Å². The highest BCUT2D eigenvalue weighted by atomic mass is 32.1. The Morgan fingerprint density at radius 3 is 3.00 bits per heavy atom. The first-order chi connectivity index (χ1) is 10.2. The number of morpholine rings is 1. The lowest BCUT2D eigenvalue weighted by Crippen LogP contribution is -2.38. The SMILES string of the molecule is CN(C)c1nccnc1[C@@H]1CN(Cc2cccs2)CCO1. The van der Waals surface area contributed by atoms with Gasteiger partial charge >= 0.3 is 0 Å². The van der Waals surface area contributed by atoms with Crippen LogP contribution >= 0.6 is 11.3 Å². The number of anilines is 1. The van der Waals surface area contributed by atoms with Gasteiger partial charge in [-0.05, 0) is 11.4 Å². The van der Waals surface area contributed by atoms with E-state index in [9.17, 15) is 0 Å². The van der Waals surface area contributed by atoms with Crippen LogP contribution in [0.3, 0.4) is 0 Å². The van der Waals surface area contributed by atoms with Crippen LogP contribution in [-0.2, 0) is 11.3 Å². The molecule has 3 heterocycles. The molecular weight excluding hydrogens is 284 g/mol. The molecule has 1 aliphatic heterocycles. The maximum atomic E-state index is 5.94. The Balaban J connectivity index is 1.74. The first-order valence-corrected chi connectivity index (χ1v) is 7.96. The number of rotatable bonds is 4. The topological polar surface area (TPSA) is 41.5 Å². The van der Waals surface area contributed by atoms with Crippen molar-refractivity contribution in [2.75, 3.05) is 38.7 Å². The van der Waals surface area contributed by atoms with E-state index in [2.05, 4.69) is 32.4 Å². The number of nitrogens with zero attached hydrogens (tertiary/aromatic N) is 4. The van der Waals surface area contributed by atoms with Crippen molar-refractivity contribution in [3.8, 4) is 0 Å².